The van der Waals surface area contributed by atoms with E-state index >= 15 is 0 Å². The highest BCUT2D eigenvalue weighted by molar-refractivity contribution is 5.29. The Morgan fingerprint density at radius 3 is 2.43 bits per heavy atom. The molecule has 2 rings (SSSR count). The van der Waals surface area contributed by atoms with E-state index in [1.807, 2.05) is 20.8 Å². The van der Waals surface area contributed by atoms with E-state index in [0.717, 1.165) is 25.4 Å². The summed E-state index contributed by atoms with van der Waals surface area (Å²) in [6.45, 7) is 10.9. The molecule has 2 N–H and O–H groups in total. The van der Waals surface area contributed by atoms with Crippen LogP contribution >= 0.6 is 0 Å². The first-order valence-corrected chi connectivity index (χ1v) is 7.85. The van der Waals surface area contributed by atoms with Crippen molar-refractivity contribution in [1.29, 1.82) is 0 Å². The lowest BCUT2D eigenvalue weighted by molar-refractivity contribution is -0.0498. The summed E-state index contributed by atoms with van der Waals surface area (Å²) in [5.41, 5.74) is 7.27. The van der Waals surface area contributed by atoms with Crippen LogP contribution in [0.5, 0.6) is 5.75 Å². The summed E-state index contributed by atoms with van der Waals surface area (Å²) in [4.78, 5) is 2.44. The Morgan fingerprint density at radius 2 is 1.86 bits per heavy atom. The van der Waals surface area contributed by atoms with Gasteiger partial charge in [0.05, 0.1) is 18.8 Å². The molecule has 1 aromatic carbocycles. The van der Waals surface area contributed by atoms with Gasteiger partial charge in [-0.3, -0.25) is 4.90 Å². The molecular formula is C17H28N2O2. The van der Waals surface area contributed by atoms with Crippen molar-refractivity contribution in [2.24, 2.45) is 5.73 Å². The maximum absolute atomic E-state index is 5.97. The Hall–Kier alpha value is -1.10. The van der Waals surface area contributed by atoms with Crippen LogP contribution in [0, 0.1) is 0 Å². The lowest BCUT2D eigenvalue weighted by Crippen LogP contribution is -2.50. The van der Waals surface area contributed by atoms with E-state index < -0.39 is 0 Å². The van der Waals surface area contributed by atoms with E-state index in [1.165, 1.54) is 5.56 Å². The third-order valence-electron chi connectivity index (χ3n) is 3.99. The Bertz CT molecular complexity index is 431. The second-order valence-corrected chi connectivity index (χ2v) is 6.17. The Kier molecular flexibility index (Phi) is 5.62. The lowest BCUT2D eigenvalue weighted by atomic mass is 10.0. The molecule has 118 valence electrons. The summed E-state index contributed by atoms with van der Waals surface area (Å²) in [6.07, 6.45) is 0.337. The van der Waals surface area contributed by atoms with Crippen LogP contribution in [0.1, 0.15) is 39.3 Å². The van der Waals surface area contributed by atoms with E-state index in [0.29, 0.717) is 6.04 Å². The predicted octanol–water partition coefficient (Wildman–Crippen LogP) is 2.58. The van der Waals surface area contributed by atoms with Gasteiger partial charge in [-0.25, -0.2) is 0 Å². The largest absolute Gasteiger partial charge is 0.491 e. The average molecular weight is 292 g/mol. The van der Waals surface area contributed by atoms with Crippen LogP contribution < -0.4 is 10.5 Å². The van der Waals surface area contributed by atoms with Gasteiger partial charge in [0.25, 0.3) is 0 Å². The first-order valence-electron chi connectivity index (χ1n) is 7.85. The minimum Gasteiger partial charge on any atom is -0.491 e. The summed E-state index contributed by atoms with van der Waals surface area (Å²) in [7, 11) is 0. The highest BCUT2D eigenvalue weighted by Gasteiger charge is 2.26. The molecule has 1 aromatic rings. The van der Waals surface area contributed by atoms with Gasteiger partial charge in [0, 0.05) is 25.2 Å². The predicted molar refractivity (Wildman–Crippen MR) is 85.6 cm³/mol. The topological polar surface area (TPSA) is 47.7 Å². The zero-order chi connectivity index (χ0) is 15.4. The number of nitrogens with two attached hydrogens (primary N) is 1. The SMILES string of the molecule is CC(C)Oc1ccc(C(C)N2CCOC(C(C)N)C2)cc1. The number of morpholine rings is 1. The fourth-order valence-corrected chi connectivity index (χ4v) is 2.67. The molecule has 4 heteroatoms. The zero-order valence-corrected chi connectivity index (χ0v) is 13.6. The first kappa shape index (κ1) is 16.3. The van der Waals surface area contributed by atoms with Crippen LogP contribution in [-0.4, -0.2) is 42.8 Å². The molecule has 21 heavy (non-hydrogen) atoms. The normalized spacial score (nSPS) is 23.0. The summed E-state index contributed by atoms with van der Waals surface area (Å²) in [5, 5.41) is 0. The monoisotopic (exact) mass is 292 g/mol. The third kappa shape index (κ3) is 4.43. The fourth-order valence-electron chi connectivity index (χ4n) is 2.67. The highest BCUT2D eigenvalue weighted by Crippen LogP contribution is 2.25. The molecule has 1 aliphatic heterocycles. The Morgan fingerprint density at radius 1 is 1.19 bits per heavy atom. The molecule has 0 radical (unpaired) electrons. The maximum Gasteiger partial charge on any atom is 0.119 e. The van der Waals surface area contributed by atoms with Crippen LogP contribution in [0.2, 0.25) is 0 Å². The summed E-state index contributed by atoms with van der Waals surface area (Å²) >= 11 is 0. The molecule has 1 heterocycles. The van der Waals surface area contributed by atoms with Gasteiger partial charge < -0.3 is 15.2 Å². The number of hydrogen-bond donors (Lipinski definition) is 1. The quantitative estimate of drug-likeness (QED) is 0.906. The molecule has 3 atom stereocenters. The standard InChI is InChI=1S/C17H28N2O2/c1-12(2)21-16-7-5-15(6-8-16)14(4)19-9-10-20-17(11-19)13(3)18/h5-8,12-14,17H,9-11,18H2,1-4H3. The summed E-state index contributed by atoms with van der Waals surface area (Å²) < 4.78 is 11.4. The molecule has 1 aliphatic rings. The number of benzene rings is 1. The minimum absolute atomic E-state index is 0.0711. The second-order valence-electron chi connectivity index (χ2n) is 6.17. The lowest BCUT2D eigenvalue weighted by Gasteiger charge is -2.38. The van der Waals surface area contributed by atoms with Crippen LogP contribution in [-0.2, 0) is 4.74 Å². The van der Waals surface area contributed by atoms with Crippen molar-refractivity contribution in [3.8, 4) is 5.75 Å². The molecular weight excluding hydrogens is 264 g/mol. The smallest absolute Gasteiger partial charge is 0.119 e. The molecule has 0 bridgehead atoms. The van der Waals surface area contributed by atoms with Crippen molar-refractivity contribution >= 4 is 0 Å². The van der Waals surface area contributed by atoms with Gasteiger partial charge in [-0.05, 0) is 45.4 Å². The van der Waals surface area contributed by atoms with Gasteiger partial charge in [-0.15, -0.1) is 0 Å². The molecule has 1 fully saturated rings. The first-order chi connectivity index (χ1) is 9.97. The number of ether oxygens (including phenoxy) is 2. The van der Waals surface area contributed by atoms with E-state index in [1.54, 1.807) is 0 Å². The van der Waals surface area contributed by atoms with Gasteiger partial charge >= 0.3 is 0 Å². The van der Waals surface area contributed by atoms with Gasteiger partial charge in [0.2, 0.25) is 0 Å². The average Bonchev–Trinajstić information content (AvgIpc) is 2.47. The highest BCUT2D eigenvalue weighted by atomic mass is 16.5. The molecule has 1 saturated heterocycles. The molecule has 0 amide bonds. The van der Waals surface area contributed by atoms with Crippen LogP contribution in [0.3, 0.4) is 0 Å². The van der Waals surface area contributed by atoms with Crippen molar-refractivity contribution in [2.45, 2.75) is 52.0 Å². The van der Waals surface area contributed by atoms with E-state index in [-0.39, 0.29) is 18.2 Å². The van der Waals surface area contributed by atoms with Crippen molar-refractivity contribution in [1.82, 2.24) is 4.90 Å². The fraction of sp³-hybridized carbons (Fsp3) is 0.647. The number of rotatable bonds is 5. The maximum atomic E-state index is 5.97. The van der Waals surface area contributed by atoms with Crippen molar-refractivity contribution < 1.29 is 9.47 Å². The van der Waals surface area contributed by atoms with Gasteiger partial charge in [0.1, 0.15) is 5.75 Å². The Labute approximate surface area is 128 Å². The molecule has 3 unspecified atom stereocenters. The molecule has 0 aromatic heterocycles. The van der Waals surface area contributed by atoms with Crippen molar-refractivity contribution in [3.63, 3.8) is 0 Å². The Balaban J connectivity index is 2.00. The van der Waals surface area contributed by atoms with E-state index in [4.69, 9.17) is 15.2 Å². The van der Waals surface area contributed by atoms with Crippen LogP contribution in [0.4, 0.5) is 0 Å². The number of nitrogens with zero attached hydrogens (tertiary/aromatic N) is 1. The third-order valence-corrected chi connectivity index (χ3v) is 3.99. The molecule has 0 spiro atoms. The van der Waals surface area contributed by atoms with E-state index in [2.05, 4.69) is 36.1 Å². The van der Waals surface area contributed by atoms with Crippen LogP contribution in [0.25, 0.3) is 0 Å². The second kappa shape index (κ2) is 7.25. The number of hydrogen-bond acceptors (Lipinski definition) is 4. The summed E-state index contributed by atoms with van der Waals surface area (Å²) in [6, 6.07) is 8.84. The molecule has 0 saturated carbocycles. The molecule has 4 nitrogen and oxygen atoms in total. The van der Waals surface area contributed by atoms with Crippen molar-refractivity contribution in [2.75, 3.05) is 19.7 Å². The van der Waals surface area contributed by atoms with Gasteiger partial charge in [0.15, 0.2) is 0 Å². The van der Waals surface area contributed by atoms with Crippen LogP contribution in [0.15, 0.2) is 24.3 Å². The van der Waals surface area contributed by atoms with Gasteiger partial charge in [-0.1, -0.05) is 12.1 Å². The van der Waals surface area contributed by atoms with E-state index in [9.17, 15) is 0 Å². The van der Waals surface area contributed by atoms with Gasteiger partial charge in [-0.2, -0.15) is 0 Å². The van der Waals surface area contributed by atoms with Crippen molar-refractivity contribution in [3.05, 3.63) is 29.8 Å². The zero-order valence-electron chi connectivity index (χ0n) is 13.6. The minimum atomic E-state index is 0.0711. The molecule has 0 aliphatic carbocycles. The summed E-state index contributed by atoms with van der Waals surface area (Å²) in [5.74, 6) is 0.927.